The van der Waals surface area contributed by atoms with Crippen molar-refractivity contribution in [2.45, 2.75) is 45.1 Å². The van der Waals surface area contributed by atoms with Crippen molar-refractivity contribution in [3.63, 3.8) is 0 Å². The molecule has 0 spiro atoms. The number of hydrogen-bond donors (Lipinski definition) is 2. The minimum atomic E-state index is -0.126. The van der Waals surface area contributed by atoms with E-state index in [1.54, 1.807) is 0 Å². The van der Waals surface area contributed by atoms with Crippen LogP contribution >= 0.6 is 0 Å². The van der Waals surface area contributed by atoms with Crippen LogP contribution in [-0.2, 0) is 11.2 Å². The van der Waals surface area contributed by atoms with E-state index in [2.05, 4.69) is 11.4 Å². The summed E-state index contributed by atoms with van der Waals surface area (Å²) in [7, 11) is 0. The van der Waals surface area contributed by atoms with E-state index in [-0.39, 0.29) is 12.0 Å². The maximum absolute atomic E-state index is 11.9. The van der Waals surface area contributed by atoms with Crippen molar-refractivity contribution in [3.05, 3.63) is 35.4 Å². The smallest absolute Gasteiger partial charge is 0.224 e. The summed E-state index contributed by atoms with van der Waals surface area (Å²) in [6.07, 6.45) is 4.12. The quantitative estimate of drug-likeness (QED) is 0.873. The number of nitrogens with one attached hydrogen (secondary N) is 1. The molecule has 0 atom stereocenters. The van der Waals surface area contributed by atoms with Crippen LogP contribution in [0.25, 0.3) is 0 Å². The SMILES string of the molecule is Cc1cccc(CC(=O)NCC2CCC(O)CC2)c1. The fourth-order valence-corrected chi connectivity index (χ4v) is 2.68. The molecule has 1 saturated carbocycles. The lowest BCUT2D eigenvalue weighted by Gasteiger charge is -2.25. The first-order valence-electron chi connectivity index (χ1n) is 7.14. The Morgan fingerprint density at radius 3 is 2.74 bits per heavy atom. The number of carbonyl (C=O) groups excluding carboxylic acids is 1. The van der Waals surface area contributed by atoms with E-state index in [1.807, 2.05) is 25.1 Å². The van der Waals surface area contributed by atoms with E-state index in [0.717, 1.165) is 37.8 Å². The zero-order valence-electron chi connectivity index (χ0n) is 11.6. The third kappa shape index (κ3) is 4.67. The third-order valence-electron chi connectivity index (χ3n) is 3.85. The molecule has 1 aromatic carbocycles. The topological polar surface area (TPSA) is 49.3 Å². The summed E-state index contributed by atoms with van der Waals surface area (Å²) in [5, 5.41) is 12.5. The molecular formula is C16H23NO2. The number of carbonyl (C=O) groups is 1. The largest absolute Gasteiger partial charge is 0.393 e. The molecule has 2 rings (SSSR count). The fourth-order valence-electron chi connectivity index (χ4n) is 2.68. The van der Waals surface area contributed by atoms with Gasteiger partial charge in [0.05, 0.1) is 12.5 Å². The molecule has 19 heavy (non-hydrogen) atoms. The zero-order valence-corrected chi connectivity index (χ0v) is 11.6. The van der Waals surface area contributed by atoms with Crippen LogP contribution in [0.5, 0.6) is 0 Å². The number of rotatable bonds is 4. The van der Waals surface area contributed by atoms with Crippen molar-refractivity contribution < 1.29 is 9.90 Å². The second-order valence-electron chi connectivity index (χ2n) is 5.64. The molecule has 0 unspecified atom stereocenters. The van der Waals surface area contributed by atoms with Gasteiger partial charge in [-0.25, -0.2) is 0 Å². The summed E-state index contributed by atoms with van der Waals surface area (Å²) in [5.74, 6) is 0.626. The minimum Gasteiger partial charge on any atom is -0.393 e. The first-order valence-corrected chi connectivity index (χ1v) is 7.14. The highest BCUT2D eigenvalue weighted by Crippen LogP contribution is 2.23. The second kappa shape index (κ2) is 6.71. The molecule has 1 amide bonds. The van der Waals surface area contributed by atoms with Gasteiger partial charge in [0.25, 0.3) is 0 Å². The van der Waals surface area contributed by atoms with Crippen LogP contribution < -0.4 is 5.32 Å². The normalized spacial score (nSPS) is 23.1. The first-order chi connectivity index (χ1) is 9.13. The van der Waals surface area contributed by atoms with Crippen LogP contribution in [0.1, 0.15) is 36.8 Å². The Kier molecular flexibility index (Phi) is 4.97. The van der Waals surface area contributed by atoms with Crippen molar-refractivity contribution in [1.82, 2.24) is 5.32 Å². The van der Waals surface area contributed by atoms with E-state index in [1.165, 1.54) is 5.56 Å². The van der Waals surface area contributed by atoms with Gasteiger partial charge >= 0.3 is 0 Å². The highest BCUT2D eigenvalue weighted by atomic mass is 16.3. The van der Waals surface area contributed by atoms with Gasteiger partial charge < -0.3 is 10.4 Å². The Labute approximate surface area is 115 Å². The van der Waals surface area contributed by atoms with Gasteiger partial charge in [0.2, 0.25) is 5.91 Å². The summed E-state index contributed by atoms with van der Waals surface area (Å²) in [6.45, 7) is 2.78. The molecule has 0 heterocycles. The standard InChI is InChI=1S/C16H23NO2/c1-12-3-2-4-14(9-12)10-16(19)17-11-13-5-7-15(18)8-6-13/h2-4,9,13,15,18H,5-8,10-11H2,1H3,(H,17,19). The van der Waals surface area contributed by atoms with Crippen molar-refractivity contribution in [2.24, 2.45) is 5.92 Å². The van der Waals surface area contributed by atoms with Gasteiger partial charge in [-0.05, 0) is 44.1 Å². The summed E-state index contributed by atoms with van der Waals surface area (Å²) in [5.41, 5.74) is 2.25. The zero-order chi connectivity index (χ0) is 13.7. The summed E-state index contributed by atoms with van der Waals surface area (Å²) in [6, 6.07) is 8.06. The fraction of sp³-hybridized carbons (Fsp3) is 0.562. The molecule has 0 aromatic heterocycles. The Bertz CT molecular complexity index is 423. The highest BCUT2D eigenvalue weighted by Gasteiger charge is 2.19. The number of aliphatic hydroxyl groups excluding tert-OH is 1. The molecule has 0 bridgehead atoms. The van der Waals surface area contributed by atoms with Gasteiger partial charge in [0.1, 0.15) is 0 Å². The molecule has 3 nitrogen and oxygen atoms in total. The predicted molar refractivity (Wildman–Crippen MR) is 75.9 cm³/mol. The number of aryl methyl sites for hydroxylation is 1. The van der Waals surface area contributed by atoms with Crippen LogP contribution in [0.15, 0.2) is 24.3 Å². The molecule has 0 saturated heterocycles. The van der Waals surface area contributed by atoms with Crippen LogP contribution in [0.4, 0.5) is 0 Å². The molecule has 104 valence electrons. The minimum absolute atomic E-state index is 0.0942. The number of benzene rings is 1. The van der Waals surface area contributed by atoms with Crippen molar-refractivity contribution in [1.29, 1.82) is 0 Å². The maximum atomic E-state index is 11.9. The molecule has 1 aliphatic rings. The second-order valence-corrected chi connectivity index (χ2v) is 5.64. The maximum Gasteiger partial charge on any atom is 0.224 e. The highest BCUT2D eigenvalue weighted by molar-refractivity contribution is 5.78. The van der Waals surface area contributed by atoms with Crippen molar-refractivity contribution >= 4 is 5.91 Å². The van der Waals surface area contributed by atoms with Crippen LogP contribution in [-0.4, -0.2) is 23.7 Å². The Morgan fingerprint density at radius 2 is 2.05 bits per heavy atom. The molecule has 1 aliphatic carbocycles. The Balaban J connectivity index is 1.73. The van der Waals surface area contributed by atoms with E-state index >= 15 is 0 Å². The number of amides is 1. The van der Waals surface area contributed by atoms with Gasteiger partial charge in [-0.1, -0.05) is 29.8 Å². The van der Waals surface area contributed by atoms with Crippen molar-refractivity contribution in [3.8, 4) is 0 Å². The van der Waals surface area contributed by atoms with Crippen molar-refractivity contribution in [2.75, 3.05) is 6.54 Å². The molecule has 2 N–H and O–H groups in total. The lowest BCUT2D eigenvalue weighted by Crippen LogP contribution is -2.33. The van der Waals surface area contributed by atoms with E-state index < -0.39 is 0 Å². The molecule has 0 aliphatic heterocycles. The monoisotopic (exact) mass is 261 g/mol. The lowest BCUT2D eigenvalue weighted by atomic mass is 9.87. The molecule has 3 heteroatoms. The first kappa shape index (κ1) is 14.1. The number of aliphatic hydroxyl groups is 1. The van der Waals surface area contributed by atoms with Gasteiger partial charge in [-0.3, -0.25) is 4.79 Å². The summed E-state index contributed by atoms with van der Waals surface area (Å²) < 4.78 is 0. The van der Waals surface area contributed by atoms with Crippen LogP contribution in [0, 0.1) is 12.8 Å². The average Bonchev–Trinajstić information content (AvgIpc) is 2.38. The van der Waals surface area contributed by atoms with Gasteiger partial charge in [-0.15, -0.1) is 0 Å². The van der Waals surface area contributed by atoms with E-state index in [9.17, 15) is 9.90 Å². The molecular weight excluding hydrogens is 238 g/mol. The molecule has 0 radical (unpaired) electrons. The van der Waals surface area contributed by atoms with Gasteiger partial charge in [0.15, 0.2) is 0 Å². The van der Waals surface area contributed by atoms with E-state index in [0.29, 0.717) is 12.3 Å². The molecule has 1 fully saturated rings. The predicted octanol–water partition coefficient (Wildman–Crippen LogP) is 2.20. The lowest BCUT2D eigenvalue weighted by molar-refractivity contribution is -0.120. The summed E-state index contributed by atoms with van der Waals surface area (Å²) in [4.78, 5) is 11.9. The third-order valence-corrected chi connectivity index (χ3v) is 3.85. The van der Waals surface area contributed by atoms with Crippen LogP contribution in [0.3, 0.4) is 0 Å². The number of hydrogen-bond acceptors (Lipinski definition) is 2. The van der Waals surface area contributed by atoms with Crippen LogP contribution in [0.2, 0.25) is 0 Å². The molecule has 1 aromatic rings. The van der Waals surface area contributed by atoms with Gasteiger partial charge in [-0.2, -0.15) is 0 Å². The Hall–Kier alpha value is -1.35. The Morgan fingerprint density at radius 1 is 1.32 bits per heavy atom. The van der Waals surface area contributed by atoms with Gasteiger partial charge in [0, 0.05) is 6.54 Å². The summed E-state index contributed by atoms with van der Waals surface area (Å²) >= 11 is 0. The van der Waals surface area contributed by atoms with E-state index in [4.69, 9.17) is 0 Å². The average molecular weight is 261 g/mol.